The number of hydrogen-bond acceptors (Lipinski definition) is 4. The molecule has 4 nitrogen and oxygen atoms in total. The van der Waals surface area contributed by atoms with Gasteiger partial charge < -0.3 is 4.57 Å². The highest BCUT2D eigenvalue weighted by Crippen LogP contribution is 2.51. The van der Waals surface area contributed by atoms with Crippen molar-refractivity contribution in [3.63, 3.8) is 0 Å². The molecular weight excluding hydrogens is 738 g/mol. The van der Waals surface area contributed by atoms with E-state index in [2.05, 4.69) is 146 Å². The van der Waals surface area contributed by atoms with Gasteiger partial charge in [0.15, 0.2) is 17.5 Å². The standard InChI is InChI=1S/C54H36N3OP/c1-59(58)48-26-13-12-21-42(48)47-34-40(31-32-49(47)59)51-45-24-10-8-22-43(45)50(44-23-9-11-25-46(44)51)36-27-29-38(30-28-36)53-55-52(37-17-6-3-7-18-37)56-54(57-53)41-20-14-19-39(33-41)35-15-4-2-5-16-35/h2-34H,1H3. The Morgan fingerprint density at radius 2 is 0.746 bits per heavy atom. The molecule has 59 heavy (non-hydrogen) atoms. The van der Waals surface area contributed by atoms with Gasteiger partial charge in [0.2, 0.25) is 0 Å². The summed E-state index contributed by atoms with van der Waals surface area (Å²) in [4.78, 5) is 15.1. The van der Waals surface area contributed by atoms with Crippen molar-refractivity contribution >= 4 is 39.3 Å². The van der Waals surface area contributed by atoms with E-state index in [0.29, 0.717) is 17.5 Å². The molecule has 1 unspecified atom stereocenters. The average Bonchev–Trinajstić information content (AvgIpc) is 3.53. The predicted molar refractivity (Wildman–Crippen MR) is 246 cm³/mol. The quantitative estimate of drug-likeness (QED) is 0.125. The Labute approximate surface area is 343 Å². The molecule has 1 atom stereocenters. The van der Waals surface area contributed by atoms with Crippen molar-refractivity contribution in [1.29, 1.82) is 0 Å². The fourth-order valence-electron chi connectivity index (χ4n) is 8.84. The smallest absolute Gasteiger partial charge is 0.164 e. The van der Waals surface area contributed by atoms with Crippen LogP contribution in [0.3, 0.4) is 0 Å². The minimum atomic E-state index is -2.67. The van der Waals surface area contributed by atoms with Gasteiger partial charge in [0, 0.05) is 27.3 Å². The van der Waals surface area contributed by atoms with Gasteiger partial charge in [-0.2, -0.15) is 0 Å². The summed E-state index contributed by atoms with van der Waals surface area (Å²) in [6, 6.07) is 69.6. The van der Waals surface area contributed by atoms with Crippen molar-refractivity contribution in [2.75, 3.05) is 6.66 Å². The molecule has 0 fully saturated rings. The van der Waals surface area contributed by atoms with Crippen LogP contribution >= 0.6 is 7.14 Å². The summed E-state index contributed by atoms with van der Waals surface area (Å²) in [6.07, 6.45) is 0. The minimum absolute atomic E-state index is 0.616. The molecule has 0 radical (unpaired) electrons. The van der Waals surface area contributed by atoms with Crippen molar-refractivity contribution in [3.8, 4) is 78.7 Å². The van der Waals surface area contributed by atoms with E-state index in [1.165, 1.54) is 32.7 Å². The molecule has 0 spiro atoms. The van der Waals surface area contributed by atoms with E-state index in [1.807, 2.05) is 61.3 Å². The zero-order valence-electron chi connectivity index (χ0n) is 32.2. The Bertz CT molecular complexity index is 3250. The SMILES string of the molecule is CP1(=O)c2ccccc2-c2cc(-c3c4ccccc4c(-c4ccc(-c5nc(-c6ccccc6)nc(-c6cccc(-c7ccccc7)c6)n5)cc4)c4ccccc34)ccc21. The van der Waals surface area contributed by atoms with Gasteiger partial charge >= 0.3 is 0 Å². The van der Waals surface area contributed by atoms with Gasteiger partial charge in [-0.1, -0.05) is 182 Å². The summed E-state index contributed by atoms with van der Waals surface area (Å²) in [5.41, 5.74) is 11.7. The first kappa shape index (κ1) is 34.9. The second kappa shape index (κ2) is 14.0. The second-order valence-corrected chi connectivity index (χ2v) is 18.0. The lowest BCUT2D eigenvalue weighted by molar-refractivity contribution is 0.591. The summed E-state index contributed by atoms with van der Waals surface area (Å²) in [5.74, 6) is 1.87. The topological polar surface area (TPSA) is 55.7 Å². The van der Waals surface area contributed by atoms with Crippen molar-refractivity contribution in [3.05, 3.63) is 200 Å². The normalized spacial score (nSPS) is 14.3. The largest absolute Gasteiger partial charge is 0.314 e. The monoisotopic (exact) mass is 773 g/mol. The molecule has 11 rings (SSSR count). The maximum atomic E-state index is 14.1. The lowest BCUT2D eigenvalue weighted by atomic mass is 9.85. The molecule has 1 aromatic heterocycles. The second-order valence-electron chi connectivity index (χ2n) is 15.2. The van der Waals surface area contributed by atoms with Gasteiger partial charge in [-0.05, 0) is 90.9 Å². The molecule has 1 aliphatic heterocycles. The number of nitrogens with zero attached hydrogens (tertiary/aromatic N) is 3. The number of hydrogen-bond donors (Lipinski definition) is 0. The fraction of sp³-hybridized carbons (Fsp3) is 0.0185. The third-order valence-corrected chi connectivity index (χ3v) is 14.3. The maximum Gasteiger partial charge on any atom is 0.164 e. The Morgan fingerprint density at radius 3 is 1.37 bits per heavy atom. The van der Waals surface area contributed by atoms with Crippen LogP contribution in [-0.2, 0) is 4.57 Å². The molecule has 0 N–H and O–H groups in total. The highest BCUT2D eigenvalue weighted by atomic mass is 31.2. The molecule has 10 aromatic rings. The van der Waals surface area contributed by atoms with E-state index in [-0.39, 0.29) is 0 Å². The Balaban J connectivity index is 1.04. The Morgan fingerprint density at radius 1 is 0.322 bits per heavy atom. The van der Waals surface area contributed by atoms with Crippen LogP contribution in [0.2, 0.25) is 0 Å². The number of fused-ring (bicyclic) bond motifs is 5. The van der Waals surface area contributed by atoms with Crippen LogP contribution < -0.4 is 10.6 Å². The predicted octanol–water partition coefficient (Wildman–Crippen LogP) is 13.1. The Hall–Kier alpha value is -7.26. The average molecular weight is 774 g/mol. The summed E-state index contributed by atoms with van der Waals surface area (Å²) >= 11 is 0. The fourth-order valence-corrected chi connectivity index (χ4v) is 11.1. The minimum Gasteiger partial charge on any atom is -0.314 e. The van der Waals surface area contributed by atoms with Crippen molar-refractivity contribution in [1.82, 2.24) is 15.0 Å². The molecule has 1 aliphatic rings. The molecule has 2 heterocycles. The van der Waals surface area contributed by atoms with Crippen LogP contribution in [-0.4, -0.2) is 21.6 Å². The van der Waals surface area contributed by atoms with E-state index in [1.54, 1.807) is 0 Å². The number of rotatable bonds is 6. The van der Waals surface area contributed by atoms with Crippen LogP contribution in [0, 0.1) is 0 Å². The van der Waals surface area contributed by atoms with Gasteiger partial charge in [-0.15, -0.1) is 0 Å². The van der Waals surface area contributed by atoms with E-state index in [0.717, 1.165) is 60.7 Å². The summed E-state index contributed by atoms with van der Waals surface area (Å²) in [7, 11) is -2.67. The van der Waals surface area contributed by atoms with Crippen LogP contribution in [0.4, 0.5) is 0 Å². The molecule has 0 saturated heterocycles. The van der Waals surface area contributed by atoms with Crippen LogP contribution in [0.1, 0.15) is 0 Å². The summed E-state index contributed by atoms with van der Waals surface area (Å²) in [6.45, 7) is 1.90. The third-order valence-electron chi connectivity index (χ3n) is 11.7. The molecule has 0 saturated carbocycles. The molecule has 0 bridgehead atoms. The molecule has 5 heteroatoms. The molecule has 0 aliphatic carbocycles. The van der Waals surface area contributed by atoms with Gasteiger partial charge in [0.25, 0.3) is 0 Å². The maximum absolute atomic E-state index is 14.1. The highest BCUT2D eigenvalue weighted by Gasteiger charge is 2.34. The highest BCUT2D eigenvalue weighted by molar-refractivity contribution is 7.79. The van der Waals surface area contributed by atoms with E-state index in [4.69, 9.17) is 15.0 Å². The first-order valence-corrected chi connectivity index (χ1v) is 22.0. The van der Waals surface area contributed by atoms with Gasteiger partial charge in [-0.25, -0.2) is 15.0 Å². The lowest BCUT2D eigenvalue weighted by Crippen LogP contribution is -2.07. The van der Waals surface area contributed by atoms with Crippen LogP contribution in [0.15, 0.2) is 200 Å². The zero-order valence-corrected chi connectivity index (χ0v) is 33.1. The van der Waals surface area contributed by atoms with Crippen molar-refractivity contribution < 1.29 is 4.57 Å². The van der Waals surface area contributed by atoms with Gasteiger partial charge in [0.05, 0.1) is 0 Å². The number of benzene rings is 9. The van der Waals surface area contributed by atoms with E-state index in [9.17, 15) is 4.57 Å². The zero-order chi connectivity index (χ0) is 39.5. The van der Waals surface area contributed by atoms with Crippen LogP contribution in [0.25, 0.3) is 100 Å². The first-order valence-electron chi connectivity index (χ1n) is 19.9. The lowest BCUT2D eigenvalue weighted by Gasteiger charge is -2.18. The van der Waals surface area contributed by atoms with E-state index >= 15 is 0 Å². The van der Waals surface area contributed by atoms with E-state index < -0.39 is 7.14 Å². The third kappa shape index (κ3) is 5.92. The van der Waals surface area contributed by atoms with Crippen LogP contribution in [0.5, 0.6) is 0 Å². The van der Waals surface area contributed by atoms with Crippen molar-refractivity contribution in [2.24, 2.45) is 0 Å². The van der Waals surface area contributed by atoms with Gasteiger partial charge in [-0.3, -0.25) is 0 Å². The van der Waals surface area contributed by atoms with Gasteiger partial charge in [0.1, 0.15) is 7.14 Å². The van der Waals surface area contributed by atoms with Crippen molar-refractivity contribution in [2.45, 2.75) is 0 Å². The summed E-state index contributed by atoms with van der Waals surface area (Å²) < 4.78 is 14.1. The molecule has 9 aromatic carbocycles. The molecule has 0 amide bonds. The first-order chi connectivity index (χ1) is 29.0. The molecular formula is C54H36N3OP. The Kier molecular flexibility index (Phi) is 8.28. The number of aromatic nitrogens is 3. The summed E-state index contributed by atoms with van der Waals surface area (Å²) in [5, 5.41) is 6.57. The molecule has 278 valence electrons.